The number of carbonyl (C=O) groups is 1. The zero-order valence-corrected chi connectivity index (χ0v) is 16.2. The van der Waals surface area contributed by atoms with Gasteiger partial charge in [0.1, 0.15) is 0 Å². The molecule has 1 aliphatic heterocycles. The van der Waals surface area contributed by atoms with Crippen LogP contribution in [0.25, 0.3) is 0 Å². The predicted molar refractivity (Wildman–Crippen MR) is 101 cm³/mol. The Morgan fingerprint density at radius 1 is 0.826 bits per heavy atom. The Bertz CT molecular complexity index is 309. The molecule has 1 rings (SSSR count). The van der Waals surface area contributed by atoms with Crippen LogP contribution in [0, 0.1) is 0 Å². The van der Waals surface area contributed by atoms with Gasteiger partial charge in [-0.25, -0.2) is 0 Å². The molecule has 0 unspecified atom stereocenters. The number of carbonyl (C=O) groups excluding carboxylic acids is 1. The maximum absolute atomic E-state index is 12.4. The second kappa shape index (κ2) is 12.1. The van der Waals surface area contributed by atoms with Gasteiger partial charge in [-0.15, -0.1) is 0 Å². The molecule has 0 aromatic rings. The third-order valence-corrected chi connectivity index (χ3v) is 5.91. The lowest BCUT2D eigenvalue weighted by Crippen LogP contribution is -2.57. The standard InChI is InChI=1S/C21H41NO/c1-4-7-8-9-10-11-12-13-14-15-18-22-19-16-17-20(23)21(22,5-2)6-3/h4-19H2,1-3H3. The van der Waals surface area contributed by atoms with Crippen LogP contribution in [0.15, 0.2) is 0 Å². The summed E-state index contributed by atoms with van der Waals surface area (Å²) in [6.07, 6.45) is 17.7. The van der Waals surface area contributed by atoms with Crippen molar-refractivity contribution in [2.45, 2.75) is 116 Å². The molecule has 0 saturated carbocycles. The van der Waals surface area contributed by atoms with E-state index in [2.05, 4.69) is 25.7 Å². The Morgan fingerprint density at radius 3 is 1.87 bits per heavy atom. The number of hydrogen-bond donors (Lipinski definition) is 0. The number of likely N-dealkylation sites (tertiary alicyclic amines) is 1. The van der Waals surface area contributed by atoms with E-state index in [1.54, 1.807) is 0 Å². The van der Waals surface area contributed by atoms with E-state index < -0.39 is 0 Å². The minimum atomic E-state index is -0.127. The maximum Gasteiger partial charge on any atom is 0.153 e. The van der Waals surface area contributed by atoms with Crippen LogP contribution in [0.5, 0.6) is 0 Å². The smallest absolute Gasteiger partial charge is 0.153 e. The average Bonchev–Trinajstić information content (AvgIpc) is 2.57. The van der Waals surface area contributed by atoms with Gasteiger partial charge in [0.05, 0.1) is 5.54 Å². The summed E-state index contributed by atoms with van der Waals surface area (Å²) < 4.78 is 0. The molecule has 2 nitrogen and oxygen atoms in total. The quantitative estimate of drug-likeness (QED) is 0.380. The Morgan fingerprint density at radius 2 is 1.35 bits per heavy atom. The first-order chi connectivity index (χ1) is 11.2. The highest BCUT2D eigenvalue weighted by Gasteiger charge is 2.42. The van der Waals surface area contributed by atoms with E-state index in [1.807, 2.05) is 0 Å². The lowest BCUT2D eigenvalue weighted by atomic mass is 9.80. The van der Waals surface area contributed by atoms with Crippen molar-refractivity contribution >= 4 is 5.78 Å². The molecule has 0 aromatic carbocycles. The summed E-state index contributed by atoms with van der Waals surface area (Å²) in [5.41, 5.74) is -0.127. The Labute approximate surface area is 145 Å². The topological polar surface area (TPSA) is 20.3 Å². The van der Waals surface area contributed by atoms with Crippen LogP contribution in [0.4, 0.5) is 0 Å². The highest BCUT2D eigenvalue weighted by Crippen LogP contribution is 2.31. The lowest BCUT2D eigenvalue weighted by Gasteiger charge is -2.45. The van der Waals surface area contributed by atoms with Crippen molar-refractivity contribution in [3.63, 3.8) is 0 Å². The van der Waals surface area contributed by atoms with Gasteiger partial charge in [0.2, 0.25) is 0 Å². The summed E-state index contributed by atoms with van der Waals surface area (Å²) in [7, 11) is 0. The van der Waals surface area contributed by atoms with Gasteiger partial charge in [0, 0.05) is 6.42 Å². The number of unbranched alkanes of at least 4 members (excludes halogenated alkanes) is 9. The van der Waals surface area contributed by atoms with E-state index in [4.69, 9.17) is 0 Å². The molecule has 0 aliphatic carbocycles. The molecular weight excluding hydrogens is 282 g/mol. The second-order valence-electron chi connectivity index (χ2n) is 7.43. The highest BCUT2D eigenvalue weighted by molar-refractivity contribution is 5.89. The molecule has 1 fully saturated rings. The van der Waals surface area contributed by atoms with Crippen molar-refractivity contribution in [2.24, 2.45) is 0 Å². The minimum Gasteiger partial charge on any atom is -0.298 e. The number of hydrogen-bond acceptors (Lipinski definition) is 2. The lowest BCUT2D eigenvalue weighted by molar-refractivity contribution is -0.136. The van der Waals surface area contributed by atoms with Gasteiger partial charge in [0.25, 0.3) is 0 Å². The van der Waals surface area contributed by atoms with Gasteiger partial charge in [-0.3, -0.25) is 9.69 Å². The van der Waals surface area contributed by atoms with E-state index in [-0.39, 0.29) is 5.54 Å². The molecule has 0 spiro atoms. The second-order valence-corrected chi connectivity index (χ2v) is 7.43. The van der Waals surface area contributed by atoms with Crippen LogP contribution in [0.3, 0.4) is 0 Å². The monoisotopic (exact) mass is 323 g/mol. The van der Waals surface area contributed by atoms with E-state index in [9.17, 15) is 4.79 Å². The molecule has 1 saturated heterocycles. The van der Waals surface area contributed by atoms with Gasteiger partial charge >= 0.3 is 0 Å². The van der Waals surface area contributed by atoms with E-state index in [1.165, 1.54) is 64.2 Å². The molecule has 0 aromatic heterocycles. The molecule has 23 heavy (non-hydrogen) atoms. The summed E-state index contributed by atoms with van der Waals surface area (Å²) in [6, 6.07) is 0. The van der Waals surface area contributed by atoms with Crippen LogP contribution >= 0.6 is 0 Å². The summed E-state index contributed by atoms with van der Waals surface area (Å²) in [5.74, 6) is 0.501. The number of rotatable bonds is 13. The largest absolute Gasteiger partial charge is 0.298 e. The number of piperidine rings is 1. The fourth-order valence-electron chi connectivity index (χ4n) is 4.26. The predicted octanol–water partition coefficient (Wildman–Crippen LogP) is 6.13. The fourth-order valence-corrected chi connectivity index (χ4v) is 4.26. The van der Waals surface area contributed by atoms with Gasteiger partial charge in [-0.1, -0.05) is 78.6 Å². The van der Waals surface area contributed by atoms with Crippen molar-refractivity contribution in [1.82, 2.24) is 4.90 Å². The minimum absolute atomic E-state index is 0.127. The Kier molecular flexibility index (Phi) is 10.8. The van der Waals surface area contributed by atoms with Crippen LogP contribution in [0.2, 0.25) is 0 Å². The Balaban J connectivity index is 2.13. The van der Waals surface area contributed by atoms with Crippen molar-refractivity contribution < 1.29 is 4.79 Å². The van der Waals surface area contributed by atoms with Gasteiger partial charge in [-0.05, 0) is 38.8 Å². The first-order valence-corrected chi connectivity index (χ1v) is 10.5. The molecule has 0 bridgehead atoms. The molecule has 0 radical (unpaired) electrons. The normalized spacial score (nSPS) is 18.5. The zero-order valence-electron chi connectivity index (χ0n) is 16.2. The zero-order chi connectivity index (χ0) is 17.0. The van der Waals surface area contributed by atoms with Gasteiger partial charge < -0.3 is 0 Å². The number of Topliss-reactive ketones (excluding diaryl/α,β-unsaturated/α-hetero) is 1. The Hall–Kier alpha value is -0.370. The number of ketones is 1. The van der Waals surface area contributed by atoms with Crippen LogP contribution in [0.1, 0.15) is 111 Å². The van der Waals surface area contributed by atoms with E-state index in [0.29, 0.717) is 5.78 Å². The first-order valence-electron chi connectivity index (χ1n) is 10.5. The van der Waals surface area contributed by atoms with Crippen molar-refractivity contribution in [3.8, 4) is 0 Å². The first kappa shape index (κ1) is 20.7. The van der Waals surface area contributed by atoms with Crippen LogP contribution in [-0.2, 0) is 4.79 Å². The molecule has 0 N–H and O–H groups in total. The maximum atomic E-state index is 12.4. The molecule has 1 aliphatic rings. The molecule has 0 amide bonds. The third kappa shape index (κ3) is 6.57. The summed E-state index contributed by atoms with van der Waals surface area (Å²) >= 11 is 0. The van der Waals surface area contributed by atoms with Crippen LogP contribution < -0.4 is 0 Å². The van der Waals surface area contributed by atoms with E-state index >= 15 is 0 Å². The molecule has 0 atom stereocenters. The van der Waals surface area contributed by atoms with Crippen molar-refractivity contribution in [3.05, 3.63) is 0 Å². The van der Waals surface area contributed by atoms with Gasteiger partial charge in [-0.2, -0.15) is 0 Å². The van der Waals surface area contributed by atoms with Crippen molar-refractivity contribution in [1.29, 1.82) is 0 Å². The van der Waals surface area contributed by atoms with Crippen LogP contribution in [-0.4, -0.2) is 29.3 Å². The summed E-state index contributed by atoms with van der Waals surface area (Å²) in [5, 5.41) is 0. The fraction of sp³-hybridized carbons (Fsp3) is 0.952. The molecule has 2 heteroatoms. The molecule has 136 valence electrons. The highest BCUT2D eigenvalue weighted by atomic mass is 16.1. The average molecular weight is 324 g/mol. The van der Waals surface area contributed by atoms with Gasteiger partial charge in [0.15, 0.2) is 5.78 Å². The molecule has 1 heterocycles. The number of nitrogens with zero attached hydrogens (tertiary/aromatic N) is 1. The summed E-state index contributed by atoms with van der Waals surface area (Å²) in [4.78, 5) is 14.9. The third-order valence-electron chi connectivity index (χ3n) is 5.91. The van der Waals surface area contributed by atoms with Crippen molar-refractivity contribution in [2.75, 3.05) is 13.1 Å². The molecular formula is C21H41NO. The summed E-state index contributed by atoms with van der Waals surface area (Å²) in [6.45, 7) is 8.92. The SMILES string of the molecule is CCCCCCCCCCCCN1CCCC(=O)C1(CC)CC. The van der Waals surface area contributed by atoms with E-state index in [0.717, 1.165) is 38.8 Å².